The SMILES string of the molecule is Cc1cc(C(C)(O)CNC(=O)CNC(=O)C2CCCC2)c(C)o1. The topological polar surface area (TPSA) is 91.6 Å². The zero-order valence-electron chi connectivity index (χ0n) is 14.1. The molecular weight excluding hydrogens is 296 g/mol. The monoisotopic (exact) mass is 322 g/mol. The Morgan fingerprint density at radius 3 is 2.52 bits per heavy atom. The lowest BCUT2D eigenvalue weighted by atomic mass is 9.96. The molecule has 1 heterocycles. The van der Waals surface area contributed by atoms with Gasteiger partial charge in [0, 0.05) is 11.5 Å². The van der Waals surface area contributed by atoms with Crippen LogP contribution in [-0.2, 0) is 15.2 Å². The van der Waals surface area contributed by atoms with E-state index in [0.717, 1.165) is 25.7 Å². The highest BCUT2D eigenvalue weighted by Crippen LogP contribution is 2.26. The maximum atomic E-state index is 11.9. The van der Waals surface area contributed by atoms with Crippen LogP contribution in [0.4, 0.5) is 0 Å². The van der Waals surface area contributed by atoms with Crippen molar-refractivity contribution >= 4 is 11.8 Å². The third-order valence-corrected chi connectivity index (χ3v) is 4.40. The van der Waals surface area contributed by atoms with Crippen molar-refractivity contribution in [1.29, 1.82) is 0 Å². The van der Waals surface area contributed by atoms with Crippen LogP contribution in [0.3, 0.4) is 0 Å². The van der Waals surface area contributed by atoms with Gasteiger partial charge in [-0.2, -0.15) is 0 Å². The molecule has 6 heteroatoms. The summed E-state index contributed by atoms with van der Waals surface area (Å²) in [6, 6.07) is 1.77. The lowest BCUT2D eigenvalue weighted by Crippen LogP contribution is -2.44. The molecule has 0 aliphatic heterocycles. The second kappa shape index (κ2) is 7.17. The van der Waals surface area contributed by atoms with Gasteiger partial charge in [0.2, 0.25) is 11.8 Å². The van der Waals surface area contributed by atoms with Gasteiger partial charge in [0.15, 0.2) is 0 Å². The number of hydrogen-bond donors (Lipinski definition) is 3. The molecule has 6 nitrogen and oxygen atoms in total. The summed E-state index contributed by atoms with van der Waals surface area (Å²) in [6.45, 7) is 5.21. The Labute approximate surface area is 136 Å². The Morgan fingerprint density at radius 1 is 1.30 bits per heavy atom. The van der Waals surface area contributed by atoms with Gasteiger partial charge in [-0.15, -0.1) is 0 Å². The fourth-order valence-corrected chi connectivity index (χ4v) is 3.09. The summed E-state index contributed by atoms with van der Waals surface area (Å²) < 4.78 is 5.41. The molecule has 23 heavy (non-hydrogen) atoms. The number of aryl methyl sites for hydroxylation is 2. The Hall–Kier alpha value is -1.82. The van der Waals surface area contributed by atoms with Gasteiger partial charge in [0.25, 0.3) is 0 Å². The van der Waals surface area contributed by atoms with Crippen LogP contribution in [0.1, 0.15) is 49.7 Å². The standard InChI is InChI=1S/C17H26N2O4/c1-11-8-14(12(2)23-11)17(3,22)10-19-15(20)9-18-16(21)13-6-4-5-7-13/h8,13,22H,4-7,9-10H2,1-3H3,(H,18,21)(H,19,20). The predicted molar refractivity (Wildman–Crippen MR) is 85.7 cm³/mol. The Balaban J connectivity index is 1.79. The number of aliphatic hydroxyl groups is 1. The third-order valence-electron chi connectivity index (χ3n) is 4.40. The van der Waals surface area contributed by atoms with Gasteiger partial charge in [0.05, 0.1) is 13.1 Å². The molecule has 1 unspecified atom stereocenters. The summed E-state index contributed by atoms with van der Waals surface area (Å²) in [4.78, 5) is 23.7. The van der Waals surface area contributed by atoms with Crippen LogP contribution in [-0.4, -0.2) is 30.0 Å². The fourth-order valence-electron chi connectivity index (χ4n) is 3.09. The second-order valence-corrected chi connectivity index (χ2v) is 6.58. The first-order valence-electron chi connectivity index (χ1n) is 8.14. The van der Waals surface area contributed by atoms with Crippen molar-refractivity contribution in [3.63, 3.8) is 0 Å². The van der Waals surface area contributed by atoms with Gasteiger partial charge >= 0.3 is 0 Å². The Bertz CT molecular complexity index is 571. The minimum Gasteiger partial charge on any atom is -0.466 e. The molecule has 1 saturated carbocycles. The van der Waals surface area contributed by atoms with Crippen molar-refractivity contribution < 1.29 is 19.1 Å². The highest BCUT2D eigenvalue weighted by atomic mass is 16.3. The van der Waals surface area contributed by atoms with Gasteiger partial charge in [0.1, 0.15) is 17.1 Å². The summed E-state index contributed by atoms with van der Waals surface area (Å²) >= 11 is 0. The first kappa shape index (κ1) is 17.5. The smallest absolute Gasteiger partial charge is 0.239 e. The summed E-state index contributed by atoms with van der Waals surface area (Å²) in [5.41, 5.74) is -0.558. The Morgan fingerprint density at radius 2 is 1.96 bits per heavy atom. The van der Waals surface area contributed by atoms with E-state index in [9.17, 15) is 14.7 Å². The second-order valence-electron chi connectivity index (χ2n) is 6.58. The van der Waals surface area contributed by atoms with Gasteiger partial charge in [-0.25, -0.2) is 0 Å². The van der Waals surface area contributed by atoms with E-state index in [-0.39, 0.29) is 30.8 Å². The lowest BCUT2D eigenvalue weighted by molar-refractivity contribution is -0.128. The van der Waals surface area contributed by atoms with Gasteiger partial charge in [-0.3, -0.25) is 9.59 Å². The van der Waals surface area contributed by atoms with Crippen molar-refractivity contribution in [2.24, 2.45) is 5.92 Å². The number of carbonyl (C=O) groups is 2. The van der Waals surface area contributed by atoms with Gasteiger partial charge in [-0.05, 0) is 39.7 Å². The van der Waals surface area contributed by atoms with E-state index in [1.807, 2.05) is 6.92 Å². The van der Waals surface area contributed by atoms with Crippen molar-refractivity contribution in [2.45, 2.75) is 52.1 Å². The van der Waals surface area contributed by atoms with E-state index < -0.39 is 5.60 Å². The lowest BCUT2D eigenvalue weighted by Gasteiger charge is -2.23. The van der Waals surface area contributed by atoms with E-state index in [2.05, 4.69) is 10.6 Å². The summed E-state index contributed by atoms with van der Waals surface area (Å²) in [7, 11) is 0. The zero-order chi connectivity index (χ0) is 17.0. The molecule has 2 amide bonds. The van der Waals surface area contributed by atoms with E-state index in [0.29, 0.717) is 17.1 Å². The molecule has 0 spiro atoms. The predicted octanol–water partition coefficient (Wildman–Crippen LogP) is 1.53. The normalized spacial score (nSPS) is 17.7. The van der Waals surface area contributed by atoms with Crippen LogP contribution in [0.25, 0.3) is 0 Å². The van der Waals surface area contributed by atoms with E-state index in [4.69, 9.17) is 4.42 Å². The van der Waals surface area contributed by atoms with Crippen LogP contribution in [0, 0.1) is 19.8 Å². The van der Waals surface area contributed by atoms with E-state index in [1.165, 1.54) is 0 Å². The molecule has 1 fully saturated rings. The molecule has 3 N–H and O–H groups in total. The number of nitrogens with one attached hydrogen (secondary N) is 2. The van der Waals surface area contributed by atoms with Gasteiger partial charge < -0.3 is 20.2 Å². The number of amides is 2. The van der Waals surface area contributed by atoms with Crippen molar-refractivity contribution in [3.05, 3.63) is 23.2 Å². The molecule has 1 aliphatic carbocycles. The summed E-state index contributed by atoms with van der Waals surface area (Å²) in [6.07, 6.45) is 3.97. The van der Waals surface area contributed by atoms with Crippen LogP contribution < -0.4 is 10.6 Å². The van der Waals surface area contributed by atoms with Crippen LogP contribution in [0.15, 0.2) is 10.5 Å². The molecule has 1 atom stereocenters. The highest BCUT2D eigenvalue weighted by molar-refractivity contribution is 5.85. The quantitative estimate of drug-likeness (QED) is 0.740. The fraction of sp³-hybridized carbons (Fsp3) is 0.647. The molecule has 0 aromatic carbocycles. The summed E-state index contributed by atoms with van der Waals surface area (Å²) in [5.74, 6) is 1.03. The number of furan rings is 1. The Kier molecular flexibility index (Phi) is 5.46. The van der Waals surface area contributed by atoms with Crippen LogP contribution in [0.5, 0.6) is 0 Å². The molecule has 128 valence electrons. The number of rotatable bonds is 6. The third kappa shape index (κ3) is 4.58. The average molecular weight is 322 g/mol. The molecule has 2 rings (SSSR count). The first-order valence-corrected chi connectivity index (χ1v) is 8.14. The van der Waals surface area contributed by atoms with Crippen molar-refractivity contribution in [2.75, 3.05) is 13.1 Å². The molecule has 0 radical (unpaired) electrons. The van der Waals surface area contributed by atoms with E-state index >= 15 is 0 Å². The van der Waals surface area contributed by atoms with Gasteiger partial charge in [-0.1, -0.05) is 12.8 Å². The van der Waals surface area contributed by atoms with E-state index in [1.54, 1.807) is 19.9 Å². The highest BCUT2D eigenvalue weighted by Gasteiger charge is 2.28. The molecule has 1 aromatic heterocycles. The largest absolute Gasteiger partial charge is 0.466 e. The summed E-state index contributed by atoms with van der Waals surface area (Å²) in [5, 5.41) is 15.8. The minimum atomic E-state index is -1.22. The first-order chi connectivity index (χ1) is 10.8. The molecule has 1 aromatic rings. The maximum absolute atomic E-state index is 11.9. The van der Waals surface area contributed by atoms with Crippen LogP contribution in [0.2, 0.25) is 0 Å². The molecule has 1 aliphatic rings. The molecule has 0 bridgehead atoms. The minimum absolute atomic E-state index is 0.0439. The maximum Gasteiger partial charge on any atom is 0.239 e. The molecule has 0 saturated heterocycles. The zero-order valence-corrected chi connectivity index (χ0v) is 14.1. The van der Waals surface area contributed by atoms with Crippen LogP contribution >= 0.6 is 0 Å². The van der Waals surface area contributed by atoms with Crippen molar-refractivity contribution in [3.8, 4) is 0 Å². The molecular formula is C17H26N2O4. The van der Waals surface area contributed by atoms with Crippen molar-refractivity contribution in [1.82, 2.24) is 10.6 Å². The number of hydrogen-bond acceptors (Lipinski definition) is 4. The average Bonchev–Trinajstić information content (AvgIpc) is 3.12. The number of carbonyl (C=O) groups excluding carboxylic acids is 2.